The Labute approximate surface area is 102 Å². The molecule has 0 aliphatic heterocycles. The van der Waals surface area contributed by atoms with Gasteiger partial charge in [-0.25, -0.2) is 0 Å². The summed E-state index contributed by atoms with van der Waals surface area (Å²) in [6.45, 7) is 9.31. The molecule has 1 saturated carbocycles. The Balaban J connectivity index is 2.15. The third kappa shape index (κ3) is 5.31. The van der Waals surface area contributed by atoms with Crippen LogP contribution in [0.5, 0.6) is 0 Å². The van der Waals surface area contributed by atoms with Gasteiger partial charge in [-0.3, -0.25) is 0 Å². The molecule has 1 rings (SSSR count). The van der Waals surface area contributed by atoms with Gasteiger partial charge in [0.15, 0.2) is 0 Å². The molecule has 1 fully saturated rings. The van der Waals surface area contributed by atoms with Gasteiger partial charge in [-0.15, -0.1) is 0 Å². The van der Waals surface area contributed by atoms with Crippen LogP contribution in [0.2, 0.25) is 0 Å². The second-order valence-corrected chi connectivity index (χ2v) is 5.63. The first-order valence-electron chi connectivity index (χ1n) is 7.14. The fourth-order valence-electron chi connectivity index (χ4n) is 2.27. The van der Waals surface area contributed by atoms with E-state index in [2.05, 4.69) is 25.7 Å². The second kappa shape index (κ2) is 7.29. The zero-order valence-electron chi connectivity index (χ0n) is 11.4. The quantitative estimate of drug-likeness (QED) is 0.612. The highest BCUT2D eigenvalue weighted by atomic mass is 15.1. The molecule has 2 N–H and O–H groups in total. The zero-order chi connectivity index (χ0) is 12.0. The van der Waals surface area contributed by atoms with Crippen LogP contribution >= 0.6 is 0 Å². The molecule has 1 unspecified atom stereocenters. The topological polar surface area (TPSA) is 29.3 Å². The average Bonchev–Trinajstić information content (AvgIpc) is 3.05. The molecular formula is C14H30N2. The lowest BCUT2D eigenvalue weighted by Crippen LogP contribution is -2.36. The Hall–Kier alpha value is -0.0800. The van der Waals surface area contributed by atoms with E-state index in [1.54, 1.807) is 0 Å². The van der Waals surface area contributed by atoms with Crippen LogP contribution in [0.4, 0.5) is 0 Å². The molecule has 2 nitrogen and oxygen atoms in total. The first kappa shape index (κ1) is 14.0. The largest absolute Gasteiger partial charge is 0.327 e. The maximum atomic E-state index is 6.16. The highest BCUT2D eigenvalue weighted by Crippen LogP contribution is 2.32. The summed E-state index contributed by atoms with van der Waals surface area (Å²) < 4.78 is 0. The number of nitrogens with two attached hydrogens (primary N) is 1. The van der Waals surface area contributed by atoms with Crippen LogP contribution in [-0.4, -0.2) is 30.1 Å². The average molecular weight is 226 g/mol. The lowest BCUT2D eigenvalue weighted by atomic mass is 10.1. The van der Waals surface area contributed by atoms with E-state index in [0.29, 0.717) is 12.1 Å². The second-order valence-electron chi connectivity index (χ2n) is 5.63. The summed E-state index contributed by atoms with van der Waals surface area (Å²) >= 11 is 0. The van der Waals surface area contributed by atoms with E-state index in [4.69, 9.17) is 5.73 Å². The van der Waals surface area contributed by atoms with Crippen LogP contribution in [0, 0.1) is 5.92 Å². The van der Waals surface area contributed by atoms with Crippen molar-refractivity contribution in [2.45, 2.75) is 71.4 Å². The molecule has 0 aromatic heterocycles. The standard InChI is InChI=1S/C14H30N2/c1-4-5-6-10-16(12(2)3)11-9-14(15)13-7-8-13/h12-14H,4-11,15H2,1-3H3. The van der Waals surface area contributed by atoms with Gasteiger partial charge in [-0.2, -0.15) is 0 Å². The summed E-state index contributed by atoms with van der Waals surface area (Å²) in [5.41, 5.74) is 6.16. The van der Waals surface area contributed by atoms with Crippen molar-refractivity contribution in [1.82, 2.24) is 4.90 Å². The maximum absolute atomic E-state index is 6.16. The molecule has 0 amide bonds. The summed E-state index contributed by atoms with van der Waals surface area (Å²) in [7, 11) is 0. The van der Waals surface area contributed by atoms with E-state index in [1.165, 1.54) is 51.6 Å². The van der Waals surface area contributed by atoms with E-state index in [1.807, 2.05) is 0 Å². The van der Waals surface area contributed by atoms with Crippen LogP contribution in [0.3, 0.4) is 0 Å². The van der Waals surface area contributed by atoms with Crippen molar-refractivity contribution in [3.63, 3.8) is 0 Å². The summed E-state index contributed by atoms with van der Waals surface area (Å²) in [5.74, 6) is 0.852. The lowest BCUT2D eigenvalue weighted by molar-refractivity contribution is 0.207. The maximum Gasteiger partial charge on any atom is 0.00793 e. The molecular weight excluding hydrogens is 196 g/mol. The van der Waals surface area contributed by atoms with Gasteiger partial charge in [-0.05, 0) is 58.5 Å². The number of nitrogens with zero attached hydrogens (tertiary/aromatic N) is 1. The molecule has 1 atom stereocenters. The minimum absolute atomic E-state index is 0.465. The SMILES string of the molecule is CCCCCN(CCC(N)C1CC1)C(C)C. The van der Waals surface area contributed by atoms with Crippen molar-refractivity contribution in [1.29, 1.82) is 0 Å². The molecule has 0 radical (unpaired) electrons. The number of rotatable bonds is 9. The fraction of sp³-hybridized carbons (Fsp3) is 1.00. The van der Waals surface area contributed by atoms with Crippen LogP contribution in [0.15, 0.2) is 0 Å². The highest BCUT2D eigenvalue weighted by molar-refractivity contribution is 4.84. The molecule has 2 heteroatoms. The number of unbranched alkanes of at least 4 members (excludes halogenated alkanes) is 2. The predicted octanol–water partition coefficient (Wildman–Crippen LogP) is 3.01. The van der Waals surface area contributed by atoms with Crippen LogP contribution < -0.4 is 5.73 Å². The smallest absolute Gasteiger partial charge is 0.00793 e. The van der Waals surface area contributed by atoms with Crippen molar-refractivity contribution in [2.75, 3.05) is 13.1 Å². The third-order valence-corrected chi connectivity index (χ3v) is 3.76. The van der Waals surface area contributed by atoms with E-state index in [-0.39, 0.29) is 0 Å². The van der Waals surface area contributed by atoms with Gasteiger partial charge < -0.3 is 10.6 Å². The van der Waals surface area contributed by atoms with E-state index < -0.39 is 0 Å². The first-order valence-corrected chi connectivity index (χ1v) is 7.14. The number of hydrogen-bond donors (Lipinski definition) is 1. The van der Waals surface area contributed by atoms with Crippen molar-refractivity contribution in [2.24, 2.45) is 11.7 Å². The predicted molar refractivity (Wildman–Crippen MR) is 71.6 cm³/mol. The molecule has 0 heterocycles. The Kier molecular flexibility index (Phi) is 6.37. The Bertz CT molecular complexity index is 176. The molecule has 0 spiro atoms. The van der Waals surface area contributed by atoms with Crippen LogP contribution in [0.25, 0.3) is 0 Å². The minimum Gasteiger partial charge on any atom is -0.327 e. The normalized spacial score (nSPS) is 18.4. The van der Waals surface area contributed by atoms with Gasteiger partial charge in [0.2, 0.25) is 0 Å². The molecule has 1 aliphatic rings. The van der Waals surface area contributed by atoms with Crippen molar-refractivity contribution in [3.8, 4) is 0 Å². The van der Waals surface area contributed by atoms with Gasteiger partial charge >= 0.3 is 0 Å². The third-order valence-electron chi connectivity index (χ3n) is 3.76. The summed E-state index contributed by atoms with van der Waals surface area (Å²) in [5, 5.41) is 0. The Morgan fingerprint density at radius 1 is 1.19 bits per heavy atom. The lowest BCUT2D eigenvalue weighted by Gasteiger charge is -2.27. The van der Waals surface area contributed by atoms with Gasteiger partial charge in [0.25, 0.3) is 0 Å². The van der Waals surface area contributed by atoms with Crippen LogP contribution in [-0.2, 0) is 0 Å². The summed E-state index contributed by atoms with van der Waals surface area (Å²) in [4.78, 5) is 2.60. The van der Waals surface area contributed by atoms with Crippen molar-refractivity contribution >= 4 is 0 Å². The molecule has 0 aromatic rings. The molecule has 0 saturated heterocycles. The monoisotopic (exact) mass is 226 g/mol. The van der Waals surface area contributed by atoms with E-state index >= 15 is 0 Å². The van der Waals surface area contributed by atoms with Gasteiger partial charge in [0.05, 0.1) is 0 Å². The highest BCUT2D eigenvalue weighted by Gasteiger charge is 2.28. The number of hydrogen-bond acceptors (Lipinski definition) is 2. The van der Waals surface area contributed by atoms with Crippen molar-refractivity contribution in [3.05, 3.63) is 0 Å². The molecule has 16 heavy (non-hydrogen) atoms. The van der Waals surface area contributed by atoms with Crippen LogP contribution in [0.1, 0.15) is 59.3 Å². The molecule has 1 aliphatic carbocycles. The fourth-order valence-corrected chi connectivity index (χ4v) is 2.27. The summed E-state index contributed by atoms with van der Waals surface area (Å²) in [6, 6.07) is 1.13. The molecule has 96 valence electrons. The zero-order valence-corrected chi connectivity index (χ0v) is 11.4. The van der Waals surface area contributed by atoms with Gasteiger partial charge in [0, 0.05) is 12.1 Å². The van der Waals surface area contributed by atoms with Gasteiger partial charge in [-0.1, -0.05) is 19.8 Å². The Morgan fingerprint density at radius 2 is 1.88 bits per heavy atom. The van der Waals surface area contributed by atoms with E-state index in [9.17, 15) is 0 Å². The van der Waals surface area contributed by atoms with E-state index in [0.717, 1.165) is 5.92 Å². The molecule has 0 bridgehead atoms. The Morgan fingerprint density at radius 3 is 2.38 bits per heavy atom. The minimum atomic E-state index is 0.465. The molecule has 0 aromatic carbocycles. The first-order chi connectivity index (χ1) is 7.65. The van der Waals surface area contributed by atoms with Crippen molar-refractivity contribution < 1.29 is 0 Å². The summed E-state index contributed by atoms with van der Waals surface area (Å²) in [6.07, 6.45) is 7.95. The van der Waals surface area contributed by atoms with Gasteiger partial charge in [0.1, 0.15) is 0 Å².